The molecule has 0 aliphatic carbocycles. The number of fused-ring (bicyclic) bond motifs is 1. The maximum Gasteiger partial charge on any atom is 0.251 e. The van der Waals surface area contributed by atoms with E-state index in [-0.39, 0.29) is 11.9 Å². The number of amides is 1. The molecule has 5 heteroatoms. The molecule has 0 saturated carbocycles. The lowest BCUT2D eigenvalue weighted by molar-refractivity contribution is -0.126. The number of carbonyl (C=O) groups is 1. The van der Waals surface area contributed by atoms with E-state index >= 15 is 0 Å². The van der Waals surface area contributed by atoms with Crippen LogP contribution in [-0.4, -0.2) is 37.2 Å². The number of piperidine rings is 1. The Morgan fingerprint density at radius 1 is 1.42 bits per heavy atom. The molecular weight excluding hydrogens is 156 g/mol. The zero-order chi connectivity index (χ0) is 8.55. The molecule has 0 aromatic heterocycles. The second-order valence-corrected chi connectivity index (χ2v) is 3.36. The Morgan fingerprint density at radius 3 is 3.08 bits per heavy atom. The normalized spacial score (nSPS) is 41.8. The van der Waals surface area contributed by atoms with Gasteiger partial charge in [0.25, 0.3) is 5.91 Å². The van der Waals surface area contributed by atoms with Gasteiger partial charge in [-0.3, -0.25) is 10.1 Å². The van der Waals surface area contributed by atoms with Gasteiger partial charge >= 0.3 is 0 Å². The number of hydrogen-bond donors (Lipinski definition) is 4. The molecule has 1 amide bonds. The van der Waals surface area contributed by atoms with Crippen LogP contribution >= 0.6 is 0 Å². The van der Waals surface area contributed by atoms with E-state index in [9.17, 15) is 4.79 Å². The molecule has 0 bridgehead atoms. The van der Waals surface area contributed by atoms with Crippen LogP contribution in [0, 0.1) is 0 Å². The molecule has 0 radical (unpaired) electrons. The predicted octanol–water partition coefficient (Wildman–Crippen LogP) is -2.28. The highest BCUT2D eigenvalue weighted by Crippen LogP contribution is 2.07. The maximum atomic E-state index is 11.1. The minimum atomic E-state index is -0.536. The van der Waals surface area contributed by atoms with Crippen LogP contribution in [-0.2, 0) is 4.79 Å². The first kappa shape index (κ1) is 7.97. The fourth-order valence-corrected chi connectivity index (χ4v) is 1.79. The fraction of sp³-hybridized carbons (Fsp3) is 0.857. The van der Waals surface area contributed by atoms with Crippen molar-refractivity contribution in [3.63, 3.8) is 0 Å². The van der Waals surface area contributed by atoms with Gasteiger partial charge in [0.1, 0.15) is 6.17 Å². The molecule has 2 aliphatic rings. The molecule has 12 heavy (non-hydrogen) atoms. The van der Waals surface area contributed by atoms with Crippen molar-refractivity contribution in [2.24, 2.45) is 5.73 Å². The lowest BCUT2D eigenvalue weighted by Crippen LogP contribution is -2.70. The topological polar surface area (TPSA) is 79.2 Å². The van der Waals surface area contributed by atoms with Crippen LogP contribution in [0.4, 0.5) is 0 Å². The Hall–Kier alpha value is -0.650. The van der Waals surface area contributed by atoms with Crippen LogP contribution in [0.5, 0.6) is 0 Å². The number of piperazine rings is 1. The van der Waals surface area contributed by atoms with Gasteiger partial charge in [-0.05, 0) is 13.0 Å². The van der Waals surface area contributed by atoms with Gasteiger partial charge in [-0.1, -0.05) is 0 Å². The van der Waals surface area contributed by atoms with Gasteiger partial charge in [0.05, 0.1) is 0 Å². The largest absolute Gasteiger partial charge is 0.349 e. The molecule has 2 heterocycles. The highest BCUT2D eigenvalue weighted by atomic mass is 16.2. The highest BCUT2D eigenvalue weighted by Gasteiger charge is 2.34. The monoisotopic (exact) mass is 170 g/mol. The van der Waals surface area contributed by atoms with E-state index in [0.29, 0.717) is 6.04 Å². The summed E-state index contributed by atoms with van der Waals surface area (Å²) < 4.78 is 0. The average molecular weight is 170 g/mol. The number of carbonyl (C=O) groups excluding carboxylic acids is 1. The van der Waals surface area contributed by atoms with Crippen molar-refractivity contribution >= 4 is 5.91 Å². The SMILES string of the molecule is NC1NC2CNCCC2NC1=O. The van der Waals surface area contributed by atoms with Crippen molar-refractivity contribution in [2.75, 3.05) is 13.1 Å². The summed E-state index contributed by atoms with van der Waals surface area (Å²) in [7, 11) is 0. The minimum absolute atomic E-state index is 0.0850. The Bertz CT molecular complexity index is 196. The first-order chi connectivity index (χ1) is 5.77. The average Bonchev–Trinajstić information content (AvgIpc) is 2.07. The summed E-state index contributed by atoms with van der Waals surface area (Å²) in [4.78, 5) is 11.1. The summed E-state index contributed by atoms with van der Waals surface area (Å²) in [5.41, 5.74) is 5.53. The Kier molecular flexibility index (Phi) is 2.00. The quantitative estimate of drug-likeness (QED) is 0.330. The lowest BCUT2D eigenvalue weighted by atomic mass is 9.98. The molecule has 2 fully saturated rings. The summed E-state index contributed by atoms with van der Waals surface area (Å²) in [6.45, 7) is 1.86. The van der Waals surface area contributed by atoms with Crippen molar-refractivity contribution in [1.82, 2.24) is 16.0 Å². The van der Waals surface area contributed by atoms with E-state index in [1.54, 1.807) is 0 Å². The predicted molar refractivity (Wildman–Crippen MR) is 44.3 cm³/mol. The third-order valence-corrected chi connectivity index (χ3v) is 2.49. The summed E-state index contributed by atoms with van der Waals surface area (Å²) in [6, 6.07) is 0.560. The molecule has 2 saturated heterocycles. The lowest BCUT2D eigenvalue weighted by Gasteiger charge is -2.39. The van der Waals surface area contributed by atoms with E-state index in [1.807, 2.05) is 0 Å². The maximum absolute atomic E-state index is 11.1. The van der Waals surface area contributed by atoms with Gasteiger partial charge in [0.2, 0.25) is 0 Å². The van der Waals surface area contributed by atoms with Gasteiger partial charge in [-0.2, -0.15) is 0 Å². The van der Waals surface area contributed by atoms with Crippen molar-refractivity contribution in [3.8, 4) is 0 Å². The third kappa shape index (κ3) is 1.31. The minimum Gasteiger partial charge on any atom is -0.349 e. The van der Waals surface area contributed by atoms with Crippen LogP contribution in [0.3, 0.4) is 0 Å². The van der Waals surface area contributed by atoms with Crippen molar-refractivity contribution < 1.29 is 4.79 Å². The molecular formula is C7H14N4O. The van der Waals surface area contributed by atoms with Gasteiger partial charge in [0.15, 0.2) is 0 Å². The Labute approximate surface area is 71.1 Å². The Morgan fingerprint density at radius 2 is 2.25 bits per heavy atom. The van der Waals surface area contributed by atoms with E-state index in [0.717, 1.165) is 19.5 Å². The van der Waals surface area contributed by atoms with Gasteiger partial charge in [-0.25, -0.2) is 0 Å². The van der Waals surface area contributed by atoms with Gasteiger partial charge in [-0.15, -0.1) is 0 Å². The van der Waals surface area contributed by atoms with Crippen LogP contribution in [0.1, 0.15) is 6.42 Å². The van der Waals surface area contributed by atoms with E-state index in [4.69, 9.17) is 5.73 Å². The molecule has 68 valence electrons. The summed E-state index contributed by atoms with van der Waals surface area (Å²) in [6.07, 6.45) is 0.446. The van der Waals surface area contributed by atoms with Gasteiger partial charge < -0.3 is 16.4 Å². The molecule has 3 atom stereocenters. The van der Waals surface area contributed by atoms with E-state index in [2.05, 4.69) is 16.0 Å². The van der Waals surface area contributed by atoms with Crippen molar-refractivity contribution in [2.45, 2.75) is 24.7 Å². The third-order valence-electron chi connectivity index (χ3n) is 2.49. The zero-order valence-corrected chi connectivity index (χ0v) is 6.84. The smallest absolute Gasteiger partial charge is 0.251 e. The number of nitrogens with one attached hydrogen (secondary N) is 3. The molecule has 2 rings (SSSR count). The van der Waals surface area contributed by atoms with Crippen LogP contribution in [0.2, 0.25) is 0 Å². The first-order valence-corrected chi connectivity index (χ1v) is 4.30. The molecule has 2 aliphatic heterocycles. The highest BCUT2D eigenvalue weighted by molar-refractivity contribution is 5.82. The zero-order valence-electron chi connectivity index (χ0n) is 6.84. The second-order valence-electron chi connectivity index (χ2n) is 3.36. The van der Waals surface area contributed by atoms with Gasteiger partial charge in [0, 0.05) is 18.6 Å². The van der Waals surface area contributed by atoms with Crippen LogP contribution < -0.4 is 21.7 Å². The van der Waals surface area contributed by atoms with Crippen molar-refractivity contribution in [1.29, 1.82) is 0 Å². The number of rotatable bonds is 0. The van der Waals surface area contributed by atoms with E-state index in [1.165, 1.54) is 0 Å². The fourth-order valence-electron chi connectivity index (χ4n) is 1.79. The summed E-state index contributed by atoms with van der Waals surface area (Å²) in [5, 5.41) is 9.22. The standard InChI is InChI=1S/C7H14N4O/c8-6-7(12)11-4-1-2-9-3-5(4)10-6/h4-6,9-10H,1-3,8H2,(H,11,12). The Balaban J connectivity index is 2.02. The molecule has 5 N–H and O–H groups in total. The molecule has 0 aromatic rings. The molecule has 3 unspecified atom stereocenters. The number of nitrogens with two attached hydrogens (primary N) is 1. The van der Waals surface area contributed by atoms with Crippen LogP contribution in [0.15, 0.2) is 0 Å². The second kappa shape index (κ2) is 3.01. The molecule has 5 nitrogen and oxygen atoms in total. The van der Waals surface area contributed by atoms with Crippen molar-refractivity contribution in [3.05, 3.63) is 0 Å². The van der Waals surface area contributed by atoms with Crippen LogP contribution in [0.25, 0.3) is 0 Å². The summed E-state index contributed by atoms with van der Waals surface area (Å²) in [5.74, 6) is -0.0850. The first-order valence-electron chi connectivity index (χ1n) is 4.30. The molecule has 0 aromatic carbocycles. The number of hydrogen-bond acceptors (Lipinski definition) is 4. The van der Waals surface area contributed by atoms with E-state index < -0.39 is 6.17 Å². The summed E-state index contributed by atoms with van der Waals surface area (Å²) >= 11 is 0. The molecule has 0 spiro atoms.